The van der Waals surface area contributed by atoms with E-state index in [2.05, 4.69) is 10.0 Å². The molecular formula is C21H29N3O4S2. The maximum atomic E-state index is 12.9. The minimum atomic E-state index is -3.67. The van der Waals surface area contributed by atoms with E-state index in [0.717, 1.165) is 56.3 Å². The molecule has 30 heavy (non-hydrogen) atoms. The van der Waals surface area contributed by atoms with Gasteiger partial charge in [0.05, 0.1) is 10.6 Å². The molecule has 1 aromatic rings. The molecule has 0 radical (unpaired) electrons. The van der Waals surface area contributed by atoms with Crippen molar-refractivity contribution in [3.63, 3.8) is 0 Å². The van der Waals surface area contributed by atoms with E-state index in [1.165, 1.54) is 24.2 Å². The van der Waals surface area contributed by atoms with Gasteiger partial charge in [0, 0.05) is 24.0 Å². The minimum absolute atomic E-state index is 0.0437. The highest BCUT2D eigenvalue weighted by molar-refractivity contribution is 8.01. The molecule has 0 bridgehead atoms. The fourth-order valence-corrected chi connectivity index (χ4v) is 6.77. The molecule has 1 saturated heterocycles. The first-order valence-electron chi connectivity index (χ1n) is 10.9. The minimum Gasteiger partial charge on any atom is -0.341 e. The number of anilines is 1. The van der Waals surface area contributed by atoms with Crippen molar-refractivity contribution >= 4 is 39.3 Å². The zero-order valence-corrected chi connectivity index (χ0v) is 18.7. The Morgan fingerprint density at radius 1 is 1.03 bits per heavy atom. The lowest BCUT2D eigenvalue weighted by atomic mass is 9.97. The number of amides is 2. The quantitative estimate of drug-likeness (QED) is 0.686. The van der Waals surface area contributed by atoms with Crippen molar-refractivity contribution in [1.29, 1.82) is 0 Å². The number of likely N-dealkylation sites (tertiary alicyclic amines) is 1. The van der Waals surface area contributed by atoms with E-state index in [1.54, 1.807) is 17.0 Å². The van der Waals surface area contributed by atoms with Crippen molar-refractivity contribution in [2.45, 2.75) is 78.9 Å². The van der Waals surface area contributed by atoms with Gasteiger partial charge in [-0.1, -0.05) is 32.1 Å². The van der Waals surface area contributed by atoms with Gasteiger partial charge in [-0.2, -0.15) is 0 Å². The number of hydrogen-bond acceptors (Lipinski definition) is 5. The molecule has 164 valence electrons. The summed E-state index contributed by atoms with van der Waals surface area (Å²) < 4.78 is 28.7. The number of benzene rings is 1. The lowest BCUT2D eigenvalue weighted by molar-refractivity contribution is -0.133. The van der Waals surface area contributed by atoms with E-state index in [-0.39, 0.29) is 22.8 Å². The van der Waals surface area contributed by atoms with Crippen LogP contribution < -0.4 is 10.0 Å². The second-order valence-electron chi connectivity index (χ2n) is 8.34. The van der Waals surface area contributed by atoms with Gasteiger partial charge >= 0.3 is 0 Å². The Kier molecular flexibility index (Phi) is 6.69. The summed E-state index contributed by atoms with van der Waals surface area (Å²) in [4.78, 5) is 27.8. The van der Waals surface area contributed by atoms with Crippen molar-refractivity contribution in [2.24, 2.45) is 0 Å². The highest BCUT2D eigenvalue weighted by Crippen LogP contribution is 2.38. The van der Waals surface area contributed by atoms with Crippen molar-refractivity contribution in [3.8, 4) is 0 Å². The fourth-order valence-electron chi connectivity index (χ4n) is 4.38. The molecular weight excluding hydrogens is 422 g/mol. The predicted molar refractivity (Wildman–Crippen MR) is 117 cm³/mol. The van der Waals surface area contributed by atoms with Gasteiger partial charge < -0.3 is 10.2 Å². The van der Waals surface area contributed by atoms with Crippen LogP contribution >= 0.6 is 11.8 Å². The van der Waals surface area contributed by atoms with Gasteiger partial charge in [0.15, 0.2) is 5.25 Å². The smallest absolute Gasteiger partial charge is 0.247 e. The van der Waals surface area contributed by atoms with Crippen LogP contribution in [0.1, 0.15) is 57.8 Å². The monoisotopic (exact) mass is 451 g/mol. The molecule has 0 spiro atoms. The molecule has 1 aromatic carbocycles. The Morgan fingerprint density at radius 2 is 1.70 bits per heavy atom. The molecule has 0 unspecified atom stereocenters. The summed E-state index contributed by atoms with van der Waals surface area (Å²) in [6.45, 7) is 1.39. The first-order chi connectivity index (χ1) is 14.4. The standard InChI is InChI=1S/C21H29N3O4S2/c25-20-19(21(26)24-12-6-7-13-24)29-18-11-10-16(14-17(18)22-20)30(27,28)23-15-8-4-2-1-3-5-9-15/h10-11,14-15,19,23H,1-9,12-13H2,(H,22,25)/t19-/m1/s1. The summed E-state index contributed by atoms with van der Waals surface area (Å²) in [6, 6.07) is 4.71. The summed E-state index contributed by atoms with van der Waals surface area (Å²) in [6.07, 6.45) is 9.26. The Labute approximate surface area is 182 Å². The van der Waals surface area contributed by atoms with Gasteiger partial charge in [0.25, 0.3) is 0 Å². The van der Waals surface area contributed by atoms with Crippen molar-refractivity contribution < 1.29 is 18.0 Å². The summed E-state index contributed by atoms with van der Waals surface area (Å²) in [5, 5.41) is 1.94. The van der Waals surface area contributed by atoms with Crippen LogP contribution in [-0.4, -0.2) is 49.5 Å². The van der Waals surface area contributed by atoms with Gasteiger partial charge in [0.1, 0.15) is 0 Å². The number of nitrogens with one attached hydrogen (secondary N) is 2. The molecule has 3 aliphatic rings. The highest BCUT2D eigenvalue weighted by atomic mass is 32.2. The molecule has 2 heterocycles. The van der Waals surface area contributed by atoms with Crippen LogP contribution in [0.4, 0.5) is 5.69 Å². The van der Waals surface area contributed by atoms with Gasteiger partial charge in [-0.15, -0.1) is 11.8 Å². The molecule has 2 amide bonds. The molecule has 2 aliphatic heterocycles. The van der Waals surface area contributed by atoms with E-state index in [9.17, 15) is 18.0 Å². The number of hydrogen-bond donors (Lipinski definition) is 2. The summed E-state index contributed by atoms with van der Waals surface area (Å²) in [5.74, 6) is -0.546. The van der Waals surface area contributed by atoms with E-state index in [1.807, 2.05) is 0 Å². The van der Waals surface area contributed by atoms with Crippen LogP contribution in [-0.2, 0) is 19.6 Å². The first-order valence-corrected chi connectivity index (χ1v) is 13.2. The van der Waals surface area contributed by atoms with Crippen LogP contribution in [0, 0.1) is 0 Å². The number of thioether (sulfide) groups is 1. The lowest BCUT2D eigenvalue weighted by Gasteiger charge is -2.27. The Hall–Kier alpha value is -1.58. The summed E-state index contributed by atoms with van der Waals surface area (Å²) >= 11 is 1.20. The van der Waals surface area contributed by atoms with Gasteiger partial charge in [-0.3, -0.25) is 9.59 Å². The molecule has 0 aromatic heterocycles. The summed E-state index contributed by atoms with van der Waals surface area (Å²) in [5.41, 5.74) is 0.455. The molecule has 1 aliphatic carbocycles. The van der Waals surface area contributed by atoms with Crippen LogP contribution in [0.3, 0.4) is 0 Å². The van der Waals surface area contributed by atoms with Crippen molar-refractivity contribution in [1.82, 2.24) is 9.62 Å². The maximum absolute atomic E-state index is 12.9. The molecule has 1 saturated carbocycles. The third-order valence-corrected chi connectivity index (χ3v) is 8.85. The topological polar surface area (TPSA) is 95.6 Å². The zero-order valence-electron chi connectivity index (χ0n) is 17.1. The highest BCUT2D eigenvalue weighted by Gasteiger charge is 2.37. The third-order valence-electron chi connectivity index (χ3n) is 6.07. The van der Waals surface area contributed by atoms with Gasteiger partial charge in [-0.25, -0.2) is 13.1 Å². The number of carbonyl (C=O) groups is 2. The average molecular weight is 452 g/mol. The number of rotatable bonds is 4. The van der Waals surface area contributed by atoms with Gasteiger partial charge in [-0.05, 0) is 43.9 Å². The molecule has 1 atom stereocenters. The lowest BCUT2D eigenvalue weighted by Crippen LogP contribution is -2.43. The average Bonchev–Trinajstić information content (AvgIpc) is 3.23. The van der Waals surface area contributed by atoms with E-state index in [4.69, 9.17) is 0 Å². The van der Waals surface area contributed by atoms with Gasteiger partial charge in [0.2, 0.25) is 21.8 Å². The zero-order chi connectivity index (χ0) is 21.1. The largest absolute Gasteiger partial charge is 0.341 e. The normalized spacial score (nSPS) is 23.4. The molecule has 7 nitrogen and oxygen atoms in total. The van der Waals surface area contributed by atoms with Crippen LogP contribution in [0.5, 0.6) is 0 Å². The molecule has 2 fully saturated rings. The van der Waals surface area contributed by atoms with Crippen LogP contribution in [0.2, 0.25) is 0 Å². The van der Waals surface area contributed by atoms with E-state index < -0.39 is 15.3 Å². The maximum Gasteiger partial charge on any atom is 0.247 e. The van der Waals surface area contributed by atoms with Crippen LogP contribution in [0.15, 0.2) is 28.0 Å². The fraction of sp³-hybridized carbons (Fsp3) is 0.619. The van der Waals surface area contributed by atoms with Crippen molar-refractivity contribution in [3.05, 3.63) is 18.2 Å². The second-order valence-corrected chi connectivity index (χ2v) is 11.2. The SMILES string of the molecule is O=C1Nc2cc(S(=O)(=O)NC3CCCCCCC3)ccc2S[C@H]1C(=O)N1CCCC1. The number of fused-ring (bicyclic) bond motifs is 1. The molecule has 2 N–H and O–H groups in total. The predicted octanol–water partition coefficient (Wildman–Crippen LogP) is 3.11. The Balaban J connectivity index is 1.48. The molecule has 4 rings (SSSR count). The third kappa shape index (κ3) is 4.84. The van der Waals surface area contributed by atoms with E-state index >= 15 is 0 Å². The Morgan fingerprint density at radius 3 is 2.40 bits per heavy atom. The Bertz CT molecular complexity index is 905. The van der Waals surface area contributed by atoms with E-state index in [0.29, 0.717) is 18.8 Å². The number of carbonyl (C=O) groups excluding carboxylic acids is 2. The summed E-state index contributed by atoms with van der Waals surface area (Å²) in [7, 11) is -3.67. The number of nitrogens with zero attached hydrogens (tertiary/aromatic N) is 1. The van der Waals surface area contributed by atoms with Crippen molar-refractivity contribution in [2.75, 3.05) is 18.4 Å². The molecule has 9 heteroatoms. The number of sulfonamides is 1. The first kappa shape index (κ1) is 21.6. The second kappa shape index (κ2) is 9.28. The van der Waals surface area contributed by atoms with Crippen LogP contribution in [0.25, 0.3) is 0 Å².